The number of aryl methyl sites for hydroxylation is 1. The summed E-state index contributed by atoms with van der Waals surface area (Å²) >= 11 is 9.95. The van der Waals surface area contributed by atoms with Crippen LogP contribution in [0, 0.1) is 6.92 Å². The van der Waals surface area contributed by atoms with E-state index in [0.717, 1.165) is 10.0 Å². The maximum atomic E-state index is 12.4. The summed E-state index contributed by atoms with van der Waals surface area (Å²) in [6, 6.07) is 10.3. The van der Waals surface area contributed by atoms with Crippen LogP contribution in [0.1, 0.15) is 5.56 Å². The number of anilines is 1. The zero-order valence-electron chi connectivity index (χ0n) is 10.3. The molecule has 1 N–H and O–H groups in total. The third-order valence-corrected chi connectivity index (χ3v) is 6.04. The van der Waals surface area contributed by atoms with Crippen molar-refractivity contribution in [1.82, 2.24) is 0 Å². The van der Waals surface area contributed by atoms with Crippen LogP contribution in [0.2, 0.25) is 0 Å². The smallest absolute Gasteiger partial charge is 0.263 e. The molecule has 3 nitrogen and oxygen atoms in total. The monoisotopic (exact) mass is 481 g/mol. The quantitative estimate of drug-likeness (QED) is 0.661. The minimum atomic E-state index is -3.64. The van der Waals surface area contributed by atoms with Crippen molar-refractivity contribution >= 4 is 63.5 Å². The van der Waals surface area contributed by atoms with Gasteiger partial charge in [0.2, 0.25) is 0 Å². The highest BCUT2D eigenvalue weighted by Crippen LogP contribution is 2.30. The first-order valence-corrected chi connectivity index (χ1v) is 9.40. The summed E-state index contributed by atoms with van der Waals surface area (Å²) in [6.07, 6.45) is 0. The largest absolute Gasteiger partial charge is 0.278 e. The molecule has 0 aliphatic heterocycles. The predicted octanol–water partition coefficient (Wildman–Crippen LogP) is 5.08. The Balaban J connectivity index is 2.41. The third-order valence-electron chi connectivity index (χ3n) is 2.55. The average molecular weight is 484 g/mol. The summed E-state index contributed by atoms with van der Waals surface area (Å²) < 4.78 is 29.4. The van der Waals surface area contributed by atoms with E-state index in [0.29, 0.717) is 14.6 Å². The van der Waals surface area contributed by atoms with Gasteiger partial charge in [-0.15, -0.1) is 0 Å². The topological polar surface area (TPSA) is 46.2 Å². The van der Waals surface area contributed by atoms with E-state index in [4.69, 9.17) is 0 Å². The van der Waals surface area contributed by atoms with Crippen LogP contribution in [0.25, 0.3) is 0 Å². The Morgan fingerprint density at radius 1 is 0.950 bits per heavy atom. The molecule has 0 aromatic heterocycles. The fourth-order valence-electron chi connectivity index (χ4n) is 1.60. The molecular formula is C13H10Br3NO2S. The fraction of sp³-hybridized carbons (Fsp3) is 0.0769. The van der Waals surface area contributed by atoms with Crippen molar-refractivity contribution in [1.29, 1.82) is 0 Å². The summed E-state index contributed by atoms with van der Waals surface area (Å²) in [7, 11) is -3.64. The molecule has 2 aromatic rings. The summed E-state index contributed by atoms with van der Waals surface area (Å²) in [5.74, 6) is 0. The number of nitrogens with one attached hydrogen (secondary N) is 1. The number of hydrogen-bond donors (Lipinski definition) is 1. The Morgan fingerprint density at radius 3 is 2.25 bits per heavy atom. The molecule has 2 aromatic carbocycles. The molecule has 0 aliphatic rings. The van der Waals surface area contributed by atoms with E-state index in [2.05, 4.69) is 52.5 Å². The van der Waals surface area contributed by atoms with Crippen molar-refractivity contribution in [2.45, 2.75) is 11.8 Å². The first kappa shape index (κ1) is 16.0. The van der Waals surface area contributed by atoms with Crippen LogP contribution in [0.5, 0.6) is 0 Å². The highest BCUT2D eigenvalue weighted by molar-refractivity contribution is 9.11. The molecule has 7 heteroatoms. The Morgan fingerprint density at radius 2 is 1.65 bits per heavy atom. The van der Waals surface area contributed by atoms with Crippen LogP contribution in [-0.2, 0) is 10.0 Å². The van der Waals surface area contributed by atoms with Crippen molar-refractivity contribution in [3.05, 3.63) is 55.4 Å². The Bertz CT molecular complexity index is 760. The molecule has 0 amide bonds. The van der Waals surface area contributed by atoms with Crippen molar-refractivity contribution in [3.8, 4) is 0 Å². The van der Waals surface area contributed by atoms with Crippen LogP contribution in [-0.4, -0.2) is 8.42 Å². The van der Waals surface area contributed by atoms with Gasteiger partial charge in [0, 0.05) is 13.4 Å². The number of halogens is 3. The van der Waals surface area contributed by atoms with Crippen molar-refractivity contribution in [3.63, 3.8) is 0 Å². The van der Waals surface area contributed by atoms with E-state index in [1.54, 1.807) is 36.4 Å². The van der Waals surface area contributed by atoms with E-state index in [1.165, 1.54) is 0 Å². The van der Waals surface area contributed by atoms with Gasteiger partial charge in [-0.05, 0) is 74.7 Å². The fourth-order valence-corrected chi connectivity index (χ4v) is 5.15. The number of benzene rings is 2. The molecule has 0 atom stereocenters. The number of hydrogen-bond acceptors (Lipinski definition) is 2. The van der Waals surface area contributed by atoms with Crippen molar-refractivity contribution in [2.24, 2.45) is 0 Å². The van der Waals surface area contributed by atoms with Crippen LogP contribution < -0.4 is 4.72 Å². The van der Waals surface area contributed by atoms with E-state index >= 15 is 0 Å². The molecule has 0 spiro atoms. The van der Waals surface area contributed by atoms with Crippen molar-refractivity contribution < 1.29 is 8.42 Å². The van der Waals surface area contributed by atoms with Crippen LogP contribution in [0.15, 0.2) is 54.7 Å². The minimum Gasteiger partial charge on any atom is -0.278 e. The molecule has 0 unspecified atom stereocenters. The predicted molar refractivity (Wildman–Crippen MR) is 91.5 cm³/mol. The van der Waals surface area contributed by atoms with Gasteiger partial charge in [0.1, 0.15) is 4.90 Å². The highest BCUT2D eigenvalue weighted by Gasteiger charge is 2.18. The Labute approximate surface area is 143 Å². The summed E-state index contributed by atoms with van der Waals surface area (Å²) in [4.78, 5) is 0.206. The molecule has 0 radical (unpaired) electrons. The number of rotatable bonds is 3. The van der Waals surface area contributed by atoms with Gasteiger partial charge >= 0.3 is 0 Å². The van der Waals surface area contributed by atoms with Crippen LogP contribution in [0.4, 0.5) is 5.69 Å². The molecule has 0 saturated heterocycles. The summed E-state index contributed by atoms with van der Waals surface area (Å²) in [6.45, 7) is 1.90. The first-order chi connectivity index (χ1) is 9.29. The lowest BCUT2D eigenvalue weighted by molar-refractivity contribution is 0.600. The van der Waals surface area contributed by atoms with Gasteiger partial charge in [0.15, 0.2) is 0 Å². The third kappa shape index (κ3) is 3.63. The van der Waals surface area contributed by atoms with Gasteiger partial charge in [0.05, 0.1) is 5.69 Å². The normalized spacial score (nSPS) is 11.4. The zero-order valence-corrected chi connectivity index (χ0v) is 15.9. The van der Waals surface area contributed by atoms with Gasteiger partial charge in [-0.1, -0.05) is 22.0 Å². The molecule has 0 saturated carbocycles. The molecule has 2 rings (SSSR count). The molecule has 106 valence electrons. The van der Waals surface area contributed by atoms with Gasteiger partial charge in [-0.2, -0.15) is 0 Å². The van der Waals surface area contributed by atoms with Crippen molar-refractivity contribution in [2.75, 3.05) is 4.72 Å². The lowest BCUT2D eigenvalue weighted by atomic mass is 10.2. The lowest BCUT2D eigenvalue weighted by Gasteiger charge is -2.11. The number of sulfonamides is 1. The zero-order chi connectivity index (χ0) is 14.9. The highest BCUT2D eigenvalue weighted by atomic mass is 79.9. The molecule has 0 aliphatic carbocycles. The van der Waals surface area contributed by atoms with Crippen LogP contribution >= 0.6 is 47.8 Å². The van der Waals surface area contributed by atoms with Gasteiger partial charge in [-0.3, -0.25) is 4.72 Å². The van der Waals surface area contributed by atoms with E-state index < -0.39 is 10.0 Å². The second kappa shape index (κ2) is 6.17. The summed E-state index contributed by atoms with van der Waals surface area (Å²) in [5, 5.41) is 0. The lowest BCUT2D eigenvalue weighted by Crippen LogP contribution is -2.14. The molecule has 20 heavy (non-hydrogen) atoms. The van der Waals surface area contributed by atoms with Gasteiger partial charge in [0.25, 0.3) is 10.0 Å². The summed E-state index contributed by atoms with van der Waals surface area (Å²) in [5.41, 5.74) is 1.47. The van der Waals surface area contributed by atoms with E-state index in [9.17, 15) is 8.42 Å². The second-order valence-electron chi connectivity index (χ2n) is 4.16. The van der Waals surface area contributed by atoms with Crippen LogP contribution in [0.3, 0.4) is 0 Å². The Hall–Kier alpha value is -0.370. The second-order valence-corrected chi connectivity index (χ2v) is 8.44. The molecule has 0 fully saturated rings. The van der Waals surface area contributed by atoms with Gasteiger partial charge in [-0.25, -0.2) is 8.42 Å². The van der Waals surface area contributed by atoms with Gasteiger partial charge < -0.3 is 0 Å². The molecule has 0 heterocycles. The molecule has 0 bridgehead atoms. The molecular weight excluding hydrogens is 474 g/mol. The SMILES string of the molecule is Cc1ccc(S(=O)(=O)Nc2ccc(Br)cc2Br)c(Br)c1. The average Bonchev–Trinajstić information content (AvgIpc) is 2.32. The first-order valence-electron chi connectivity index (χ1n) is 5.53. The Kier molecular flexibility index (Phi) is 4.94. The minimum absolute atomic E-state index is 0.206. The standard InChI is InChI=1S/C13H10Br3NO2S/c1-8-2-5-13(11(16)6-8)20(18,19)17-12-4-3-9(14)7-10(12)15/h2-7,17H,1H3. The maximum Gasteiger partial charge on any atom is 0.263 e. The van der Waals surface area contributed by atoms with E-state index in [1.807, 2.05) is 6.92 Å². The van der Waals surface area contributed by atoms with E-state index in [-0.39, 0.29) is 4.90 Å². The maximum absolute atomic E-state index is 12.4.